The Morgan fingerprint density at radius 2 is 1.41 bits per heavy atom. The molecule has 0 saturated carbocycles. The van der Waals surface area contributed by atoms with E-state index in [9.17, 15) is 0 Å². The number of rotatable bonds is 6. The van der Waals surface area contributed by atoms with Gasteiger partial charge in [0.15, 0.2) is 11.5 Å². The van der Waals surface area contributed by atoms with Gasteiger partial charge in [-0.3, -0.25) is 0 Å². The third kappa shape index (κ3) is 3.34. The van der Waals surface area contributed by atoms with Crippen LogP contribution in [-0.2, 0) is 0 Å². The number of para-hydroxylation sites is 1. The molecule has 2 aromatic rings. The third-order valence-electron chi connectivity index (χ3n) is 3.32. The van der Waals surface area contributed by atoms with E-state index in [2.05, 4.69) is 0 Å². The molecule has 2 rings (SSSR count). The summed E-state index contributed by atoms with van der Waals surface area (Å²) in [5.74, 6) is 2.91. The molecule has 0 aliphatic heterocycles. The van der Waals surface area contributed by atoms with E-state index >= 15 is 0 Å². The maximum atomic E-state index is 5.42. The van der Waals surface area contributed by atoms with Gasteiger partial charge in [-0.2, -0.15) is 0 Å². The van der Waals surface area contributed by atoms with Crippen LogP contribution in [0.2, 0.25) is 0 Å². The molecule has 0 aliphatic carbocycles. The molecular formula is C18H20O4. The van der Waals surface area contributed by atoms with Crippen molar-refractivity contribution < 1.29 is 18.9 Å². The zero-order chi connectivity index (χ0) is 15.9. The van der Waals surface area contributed by atoms with E-state index in [0.717, 1.165) is 22.6 Å². The Hall–Kier alpha value is -2.62. The quantitative estimate of drug-likeness (QED) is 0.758. The van der Waals surface area contributed by atoms with Crippen molar-refractivity contribution >= 4 is 12.2 Å². The van der Waals surface area contributed by atoms with Crippen LogP contribution >= 0.6 is 0 Å². The molecule has 0 fully saturated rings. The third-order valence-corrected chi connectivity index (χ3v) is 3.32. The Morgan fingerprint density at radius 1 is 0.682 bits per heavy atom. The topological polar surface area (TPSA) is 36.9 Å². The average Bonchev–Trinajstić information content (AvgIpc) is 2.59. The van der Waals surface area contributed by atoms with Gasteiger partial charge < -0.3 is 18.9 Å². The second-order valence-corrected chi connectivity index (χ2v) is 4.52. The molecule has 0 bridgehead atoms. The lowest BCUT2D eigenvalue weighted by molar-refractivity contribution is 0.354. The van der Waals surface area contributed by atoms with Gasteiger partial charge in [-0.05, 0) is 18.2 Å². The van der Waals surface area contributed by atoms with Gasteiger partial charge in [0.1, 0.15) is 11.5 Å². The highest BCUT2D eigenvalue weighted by Crippen LogP contribution is 2.33. The first-order valence-electron chi connectivity index (χ1n) is 6.84. The van der Waals surface area contributed by atoms with E-state index in [1.54, 1.807) is 28.4 Å². The Balaban J connectivity index is 2.37. The van der Waals surface area contributed by atoms with Crippen LogP contribution in [0.4, 0.5) is 0 Å². The van der Waals surface area contributed by atoms with Gasteiger partial charge in [-0.25, -0.2) is 0 Å². The van der Waals surface area contributed by atoms with Crippen LogP contribution in [-0.4, -0.2) is 28.4 Å². The molecule has 22 heavy (non-hydrogen) atoms. The maximum Gasteiger partial charge on any atom is 0.167 e. The van der Waals surface area contributed by atoms with E-state index in [4.69, 9.17) is 18.9 Å². The lowest BCUT2D eigenvalue weighted by atomic mass is 10.1. The molecule has 4 heteroatoms. The molecule has 116 valence electrons. The second-order valence-electron chi connectivity index (χ2n) is 4.52. The SMILES string of the molecule is COc1ccc(/C=C/c2cccc(OC)c2OC)c(OC)c1. The first kappa shape index (κ1) is 15.8. The summed E-state index contributed by atoms with van der Waals surface area (Å²) in [6, 6.07) is 11.4. The Bertz CT molecular complexity index is 662. The van der Waals surface area contributed by atoms with Crippen LogP contribution in [0, 0.1) is 0 Å². The van der Waals surface area contributed by atoms with Crippen molar-refractivity contribution in [2.75, 3.05) is 28.4 Å². The van der Waals surface area contributed by atoms with Crippen molar-refractivity contribution in [1.82, 2.24) is 0 Å². The standard InChI is InChI=1S/C18H20O4/c1-19-15-11-10-13(17(12-15)21-3)8-9-14-6-5-7-16(20-2)18(14)22-4/h5-12H,1-4H3/b9-8+. The highest BCUT2D eigenvalue weighted by molar-refractivity contribution is 5.76. The summed E-state index contributed by atoms with van der Waals surface area (Å²) in [7, 11) is 6.52. The molecular weight excluding hydrogens is 280 g/mol. The van der Waals surface area contributed by atoms with E-state index in [1.165, 1.54) is 0 Å². The summed E-state index contributed by atoms with van der Waals surface area (Å²) in [4.78, 5) is 0. The molecule has 0 aromatic heterocycles. The van der Waals surface area contributed by atoms with Gasteiger partial charge in [0, 0.05) is 17.2 Å². The van der Waals surface area contributed by atoms with Crippen molar-refractivity contribution in [3.63, 3.8) is 0 Å². The minimum absolute atomic E-state index is 0.700. The largest absolute Gasteiger partial charge is 0.497 e. The fourth-order valence-corrected chi connectivity index (χ4v) is 2.18. The van der Waals surface area contributed by atoms with Crippen LogP contribution in [0.1, 0.15) is 11.1 Å². The zero-order valence-electron chi connectivity index (χ0n) is 13.3. The zero-order valence-corrected chi connectivity index (χ0v) is 13.3. The smallest absolute Gasteiger partial charge is 0.167 e. The first-order chi connectivity index (χ1) is 10.7. The fraction of sp³-hybridized carbons (Fsp3) is 0.222. The summed E-state index contributed by atoms with van der Waals surface area (Å²) in [6.45, 7) is 0. The normalized spacial score (nSPS) is 10.5. The van der Waals surface area contributed by atoms with Crippen LogP contribution < -0.4 is 18.9 Å². The van der Waals surface area contributed by atoms with Crippen molar-refractivity contribution in [1.29, 1.82) is 0 Å². The molecule has 0 amide bonds. The lowest BCUT2D eigenvalue weighted by Crippen LogP contribution is -1.92. The number of hydrogen-bond donors (Lipinski definition) is 0. The first-order valence-corrected chi connectivity index (χ1v) is 6.84. The average molecular weight is 300 g/mol. The van der Waals surface area contributed by atoms with Crippen LogP contribution in [0.5, 0.6) is 23.0 Å². The Kier molecular flexibility index (Phi) is 5.31. The molecule has 0 spiro atoms. The molecule has 0 aliphatic rings. The van der Waals surface area contributed by atoms with Gasteiger partial charge in [-0.15, -0.1) is 0 Å². The molecule has 0 N–H and O–H groups in total. The van der Waals surface area contributed by atoms with Crippen molar-refractivity contribution in [2.24, 2.45) is 0 Å². The fourth-order valence-electron chi connectivity index (χ4n) is 2.18. The Labute approximate surface area is 130 Å². The molecule has 0 radical (unpaired) electrons. The van der Waals surface area contributed by atoms with Gasteiger partial charge in [-0.1, -0.05) is 24.3 Å². The van der Waals surface area contributed by atoms with E-state index < -0.39 is 0 Å². The molecule has 0 heterocycles. The van der Waals surface area contributed by atoms with Crippen molar-refractivity contribution in [2.45, 2.75) is 0 Å². The van der Waals surface area contributed by atoms with E-state index in [1.807, 2.05) is 48.6 Å². The van der Waals surface area contributed by atoms with Crippen LogP contribution in [0.15, 0.2) is 36.4 Å². The molecule has 0 unspecified atom stereocenters. The van der Waals surface area contributed by atoms with Crippen molar-refractivity contribution in [3.05, 3.63) is 47.5 Å². The van der Waals surface area contributed by atoms with Crippen LogP contribution in [0.25, 0.3) is 12.2 Å². The monoisotopic (exact) mass is 300 g/mol. The Morgan fingerprint density at radius 3 is 2.05 bits per heavy atom. The van der Waals surface area contributed by atoms with Gasteiger partial charge in [0.25, 0.3) is 0 Å². The summed E-state index contributed by atoms with van der Waals surface area (Å²) in [5.41, 5.74) is 1.88. The number of ether oxygens (including phenoxy) is 4. The summed E-state index contributed by atoms with van der Waals surface area (Å²) >= 11 is 0. The summed E-state index contributed by atoms with van der Waals surface area (Å²) < 4.78 is 21.3. The van der Waals surface area contributed by atoms with E-state index in [-0.39, 0.29) is 0 Å². The predicted octanol–water partition coefficient (Wildman–Crippen LogP) is 3.89. The minimum atomic E-state index is 0.700. The van der Waals surface area contributed by atoms with E-state index in [0.29, 0.717) is 11.5 Å². The van der Waals surface area contributed by atoms with Gasteiger partial charge >= 0.3 is 0 Å². The predicted molar refractivity (Wildman–Crippen MR) is 88.0 cm³/mol. The molecule has 2 aromatic carbocycles. The number of hydrogen-bond acceptors (Lipinski definition) is 4. The maximum absolute atomic E-state index is 5.42. The highest BCUT2D eigenvalue weighted by Gasteiger charge is 2.07. The van der Waals surface area contributed by atoms with Crippen molar-refractivity contribution in [3.8, 4) is 23.0 Å². The minimum Gasteiger partial charge on any atom is -0.497 e. The molecule has 0 saturated heterocycles. The van der Waals surface area contributed by atoms with Gasteiger partial charge in [0.2, 0.25) is 0 Å². The lowest BCUT2D eigenvalue weighted by Gasteiger charge is -2.10. The van der Waals surface area contributed by atoms with Gasteiger partial charge in [0.05, 0.1) is 28.4 Å². The number of methoxy groups -OCH3 is 4. The second kappa shape index (κ2) is 7.41. The molecule has 0 atom stereocenters. The molecule has 4 nitrogen and oxygen atoms in total. The highest BCUT2D eigenvalue weighted by atomic mass is 16.5. The summed E-state index contributed by atoms with van der Waals surface area (Å²) in [6.07, 6.45) is 3.93. The number of benzene rings is 2. The van der Waals surface area contributed by atoms with Crippen LogP contribution in [0.3, 0.4) is 0 Å². The summed E-state index contributed by atoms with van der Waals surface area (Å²) in [5, 5.41) is 0.